The van der Waals surface area contributed by atoms with Crippen molar-refractivity contribution in [3.63, 3.8) is 0 Å². The summed E-state index contributed by atoms with van der Waals surface area (Å²) in [5, 5.41) is 6.20. The lowest BCUT2D eigenvalue weighted by Gasteiger charge is -2.21. The van der Waals surface area contributed by atoms with Crippen LogP contribution in [0.5, 0.6) is 0 Å². The van der Waals surface area contributed by atoms with Crippen molar-refractivity contribution in [1.29, 1.82) is 0 Å². The number of rotatable bonds is 1. The van der Waals surface area contributed by atoms with Gasteiger partial charge in [0, 0.05) is 28.5 Å². The van der Waals surface area contributed by atoms with Gasteiger partial charge >= 0.3 is 0 Å². The molecule has 2 rings (SSSR count). The Morgan fingerprint density at radius 3 is 2.80 bits per heavy atom. The molecular formula is C8H7ClN2O2S2. The van der Waals surface area contributed by atoms with Crippen LogP contribution in [-0.2, 0) is 15.6 Å². The highest BCUT2D eigenvalue weighted by Crippen LogP contribution is 2.28. The Balaban J connectivity index is 2.61. The topological polar surface area (TPSA) is 58.2 Å². The van der Waals surface area contributed by atoms with E-state index < -0.39 is 9.05 Å². The zero-order valence-corrected chi connectivity index (χ0v) is 9.84. The van der Waals surface area contributed by atoms with Gasteiger partial charge in [0.15, 0.2) is 5.11 Å². The summed E-state index contributed by atoms with van der Waals surface area (Å²) in [5.41, 5.74) is 1.29. The second-order valence-electron chi connectivity index (χ2n) is 3.03. The number of thiocarbonyl (C=S) groups is 1. The largest absolute Gasteiger partial charge is 0.358 e. The molecule has 0 aromatic heterocycles. The standard InChI is InChI=1S/C8H7ClN2O2S2/c9-15(12,13)7-3-1-2-6-5(7)4-10-8(14)11-6/h1-3H,4H2,(H2,10,11,14). The van der Waals surface area contributed by atoms with Crippen LogP contribution in [0.2, 0.25) is 0 Å². The smallest absolute Gasteiger partial charge is 0.261 e. The third-order valence-corrected chi connectivity index (χ3v) is 3.72. The van der Waals surface area contributed by atoms with Gasteiger partial charge in [-0.25, -0.2) is 8.42 Å². The van der Waals surface area contributed by atoms with Crippen LogP contribution in [0.1, 0.15) is 5.56 Å². The third-order valence-electron chi connectivity index (χ3n) is 2.07. The molecule has 0 saturated carbocycles. The first kappa shape index (κ1) is 10.7. The number of benzene rings is 1. The van der Waals surface area contributed by atoms with Gasteiger partial charge in [-0.05, 0) is 24.4 Å². The van der Waals surface area contributed by atoms with Crippen molar-refractivity contribution in [3.8, 4) is 0 Å². The van der Waals surface area contributed by atoms with E-state index in [0.717, 1.165) is 0 Å². The van der Waals surface area contributed by atoms with Gasteiger partial charge in [0.05, 0.1) is 4.90 Å². The van der Waals surface area contributed by atoms with E-state index in [1.807, 2.05) is 0 Å². The summed E-state index contributed by atoms with van der Waals surface area (Å²) in [6.07, 6.45) is 0. The van der Waals surface area contributed by atoms with Gasteiger partial charge in [0.2, 0.25) is 0 Å². The first-order chi connectivity index (χ1) is 6.98. The Morgan fingerprint density at radius 1 is 1.40 bits per heavy atom. The molecule has 1 aliphatic rings. The van der Waals surface area contributed by atoms with Gasteiger partial charge in [0.1, 0.15) is 0 Å². The average molecular weight is 263 g/mol. The minimum atomic E-state index is -3.71. The lowest BCUT2D eigenvalue weighted by Crippen LogP contribution is -2.33. The molecule has 0 saturated heterocycles. The number of hydrogen-bond donors (Lipinski definition) is 2. The van der Waals surface area contributed by atoms with Crippen LogP contribution in [0.25, 0.3) is 0 Å². The summed E-state index contributed by atoms with van der Waals surface area (Å²) in [7, 11) is 1.60. The van der Waals surface area contributed by atoms with Crippen LogP contribution in [0.15, 0.2) is 23.1 Å². The van der Waals surface area contributed by atoms with Gasteiger partial charge in [-0.15, -0.1) is 0 Å². The highest BCUT2D eigenvalue weighted by atomic mass is 35.7. The number of anilines is 1. The van der Waals surface area contributed by atoms with Crippen molar-refractivity contribution in [1.82, 2.24) is 5.32 Å². The molecule has 80 valence electrons. The van der Waals surface area contributed by atoms with Crippen LogP contribution in [0, 0.1) is 0 Å². The zero-order chi connectivity index (χ0) is 11.1. The lowest BCUT2D eigenvalue weighted by molar-refractivity contribution is 0.608. The molecule has 7 heteroatoms. The highest BCUT2D eigenvalue weighted by Gasteiger charge is 2.21. The van der Waals surface area contributed by atoms with Crippen LogP contribution in [-0.4, -0.2) is 13.5 Å². The quantitative estimate of drug-likeness (QED) is 0.592. The molecule has 0 spiro atoms. The van der Waals surface area contributed by atoms with Crippen molar-refractivity contribution >= 4 is 42.8 Å². The predicted octanol–water partition coefficient (Wildman–Crippen LogP) is 1.41. The van der Waals surface area contributed by atoms with Gasteiger partial charge in [-0.1, -0.05) is 6.07 Å². The van der Waals surface area contributed by atoms with Crippen molar-refractivity contribution in [3.05, 3.63) is 23.8 Å². The van der Waals surface area contributed by atoms with Gasteiger partial charge in [0.25, 0.3) is 9.05 Å². The molecule has 2 N–H and O–H groups in total. The number of halogens is 1. The number of nitrogens with one attached hydrogen (secondary N) is 2. The maximum Gasteiger partial charge on any atom is 0.261 e. The van der Waals surface area contributed by atoms with Crippen molar-refractivity contribution in [2.75, 3.05) is 5.32 Å². The monoisotopic (exact) mass is 262 g/mol. The van der Waals surface area contributed by atoms with Gasteiger partial charge in [-0.2, -0.15) is 0 Å². The summed E-state index contributed by atoms with van der Waals surface area (Å²) in [4.78, 5) is 0.115. The summed E-state index contributed by atoms with van der Waals surface area (Å²) in [5.74, 6) is 0. The van der Waals surface area contributed by atoms with E-state index in [-0.39, 0.29) is 4.90 Å². The van der Waals surface area contributed by atoms with E-state index in [0.29, 0.717) is 22.9 Å². The van der Waals surface area contributed by atoms with Crippen molar-refractivity contribution in [2.45, 2.75) is 11.4 Å². The fraction of sp³-hybridized carbons (Fsp3) is 0.125. The molecule has 0 aliphatic carbocycles. The Labute approximate surface area is 97.0 Å². The molecule has 0 atom stereocenters. The van der Waals surface area contributed by atoms with Gasteiger partial charge < -0.3 is 10.6 Å². The Bertz CT molecular complexity index is 527. The first-order valence-corrected chi connectivity index (χ1v) is 6.81. The molecule has 0 amide bonds. The Morgan fingerprint density at radius 2 is 2.13 bits per heavy atom. The van der Waals surface area contributed by atoms with E-state index in [9.17, 15) is 8.42 Å². The Kier molecular flexibility index (Phi) is 2.57. The molecular weight excluding hydrogens is 256 g/mol. The van der Waals surface area contributed by atoms with E-state index in [1.54, 1.807) is 12.1 Å². The normalized spacial score (nSPS) is 15.1. The molecule has 1 aromatic carbocycles. The number of fused-ring (bicyclic) bond motifs is 1. The molecule has 0 bridgehead atoms. The Hall–Kier alpha value is -0.850. The maximum atomic E-state index is 11.3. The first-order valence-electron chi connectivity index (χ1n) is 4.10. The molecule has 15 heavy (non-hydrogen) atoms. The van der Waals surface area contributed by atoms with Gasteiger partial charge in [-0.3, -0.25) is 0 Å². The fourth-order valence-corrected chi connectivity index (χ4v) is 2.76. The van der Waals surface area contributed by atoms with E-state index in [2.05, 4.69) is 10.6 Å². The van der Waals surface area contributed by atoms with E-state index >= 15 is 0 Å². The molecule has 4 nitrogen and oxygen atoms in total. The number of hydrogen-bond acceptors (Lipinski definition) is 3. The summed E-state index contributed by atoms with van der Waals surface area (Å²) >= 11 is 4.91. The molecule has 0 unspecified atom stereocenters. The molecule has 1 aromatic rings. The minimum absolute atomic E-state index is 0.115. The summed E-state index contributed by atoms with van der Waals surface area (Å²) in [6, 6.07) is 4.85. The average Bonchev–Trinajstić information content (AvgIpc) is 2.15. The minimum Gasteiger partial charge on any atom is -0.358 e. The molecule has 0 fully saturated rings. The summed E-state index contributed by atoms with van der Waals surface area (Å²) < 4.78 is 22.5. The van der Waals surface area contributed by atoms with Crippen LogP contribution in [0.3, 0.4) is 0 Å². The summed E-state index contributed by atoms with van der Waals surface area (Å²) in [6.45, 7) is 0.364. The van der Waals surface area contributed by atoms with Crippen LogP contribution < -0.4 is 10.6 Å². The van der Waals surface area contributed by atoms with Crippen LogP contribution in [0.4, 0.5) is 5.69 Å². The third kappa shape index (κ3) is 2.06. The molecule has 1 heterocycles. The molecule has 0 radical (unpaired) electrons. The predicted molar refractivity (Wildman–Crippen MR) is 62.5 cm³/mol. The van der Waals surface area contributed by atoms with Crippen molar-refractivity contribution in [2.24, 2.45) is 0 Å². The lowest BCUT2D eigenvalue weighted by atomic mass is 10.1. The second kappa shape index (κ2) is 3.62. The fourth-order valence-electron chi connectivity index (χ4n) is 1.43. The molecule has 1 aliphatic heterocycles. The second-order valence-corrected chi connectivity index (χ2v) is 5.97. The zero-order valence-electron chi connectivity index (χ0n) is 7.45. The van der Waals surface area contributed by atoms with Crippen molar-refractivity contribution < 1.29 is 8.42 Å². The SMILES string of the molecule is O=S(=O)(Cl)c1cccc2c1CNC(=S)N2. The van der Waals surface area contributed by atoms with Crippen LogP contribution >= 0.6 is 22.9 Å². The van der Waals surface area contributed by atoms with E-state index in [4.69, 9.17) is 22.9 Å². The highest BCUT2D eigenvalue weighted by molar-refractivity contribution is 8.13. The maximum absolute atomic E-state index is 11.3. The van der Waals surface area contributed by atoms with E-state index in [1.165, 1.54) is 6.07 Å².